The molecule has 2 aromatic rings. The Morgan fingerprint density at radius 3 is 1.42 bits per heavy atom. The summed E-state index contributed by atoms with van der Waals surface area (Å²) in [6, 6.07) is 6.79. The zero-order valence-corrected chi connectivity index (χ0v) is 18.6. The number of benzene rings is 2. The van der Waals surface area contributed by atoms with Crippen LogP contribution in [0.5, 0.6) is 11.5 Å². The molecular formula is C23H26N2O6. The third-order valence-electron chi connectivity index (χ3n) is 6.28. The van der Waals surface area contributed by atoms with Gasteiger partial charge in [0.1, 0.15) is 0 Å². The number of nitrogens with zero attached hydrogens (tertiary/aromatic N) is 2. The van der Waals surface area contributed by atoms with Gasteiger partial charge in [0.15, 0.2) is 0 Å². The molecule has 0 aromatic heterocycles. The van der Waals surface area contributed by atoms with E-state index < -0.39 is 26.5 Å². The topological polar surface area (TPSA) is 105 Å². The number of nitro benzene ring substituents is 2. The first-order valence-corrected chi connectivity index (χ1v) is 10.2. The van der Waals surface area contributed by atoms with Crippen molar-refractivity contribution in [2.24, 2.45) is 0 Å². The van der Waals surface area contributed by atoms with Crippen molar-refractivity contribution in [1.82, 2.24) is 0 Å². The predicted molar refractivity (Wildman–Crippen MR) is 115 cm³/mol. The maximum atomic E-state index is 11.8. The van der Waals surface area contributed by atoms with Crippen LogP contribution in [0.4, 0.5) is 11.4 Å². The van der Waals surface area contributed by atoms with Crippen LogP contribution in [0.15, 0.2) is 24.3 Å². The third kappa shape index (κ3) is 3.30. The Labute approximate surface area is 180 Å². The fourth-order valence-electron chi connectivity index (χ4n) is 5.14. The van der Waals surface area contributed by atoms with E-state index in [0.717, 1.165) is 22.3 Å². The Hall–Kier alpha value is -3.16. The zero-order chi connectivity index (χ0) is 22.9. The van der Waals surface area contributed by atoms with Crippen molar-refractivity contribution in [3.05, 3.63) is 66.7 Å². The summed E-state index contributed by atoms with van der Waals surface area (Å²) in [6.07, 6.45) is 0.809. The lowest BCUT2D eigenvalue weighted by Gasteiger charge is -2.50. The second-order valence-electron chi connectivity index (χ2n) is 10.1. The number of hydrogen-bond donors (Lipinski definition) is 0. The van der Waals surface area contributed by atoms with Crippen molar-refractivity contribution in [3.8, 4) is 11.5 Å². The fourth-order valence-corrected chi connectivity index (χ4v) is 5.14. The highest BCUT2D eigenvalue weighted by molar-refractivity contribution is 5.61. The Morgan fingerprint density at radius 2 is 1.10 bits per heavy atom. The third-order valence-corrected chi connectivity index (χ3v) is 6.28. The summed E-state index contributed by atoms with van der Waals surface area (Å²) in [7, 11) is 0. The first kappa shape index (κ1) is 21.1. The van der Waals surface area contributed by atoms with Gasteiger partial charge in [0.2, 0.25) is 11.5 Å². The maximum absolute atomic E-state index is 11.8. The van der Waals surface area contributed by atoms with Gasteiger partial charge in [-0.05, 0) is 25.0 Å². The van der Waals surface area contributed by atoms with Crippen LogP contribution in [0.2, 0.25) is 0 Å². The van der Waals surface area contributed by atoms with E-state index in [1.807, 2.05) is 53.7 Å². The number of aryl methyl sites for hydroxylation is 2. The first-order valence-electron chi connectivity index (χ1n) is 10.2. The minimum Gasteiger partial charge on any atom is -0.445 e. The summed E-state index contributed by atoms with van der Waals surface area (Å²) in [6.45, 7) is 11.6. The van der Waals surface area contributed by atoms with E-state index in [4.69, 9.17) is 9.47 Å². The van der Waals surface area contributed by atoms with Crippen molar-refractivity contribution in [1.29, 1.82) is 0 Å². The quantitative estimate of drug-likeness (QED) is 0.455. The van der Waals surface area contributed by atoms with Crippen molar-refractivity contribution < 1.29 is 19.3 Å². The number of hydrogen-bond acceptors (Lipinski definition) is 6. The molecule has 0 N–H and O–H groups in total. The van der Waals surface area contributed by atoms with Gasteiger partial charge in [-0.2, -0.15) is 0 Å². The van der Waals surface area contributed by atoms with Crippen LogP contribution in [0.25, 0.3) is 0 Å². The maximum Gasteiger partial charge on any atom is 0.311 e. The summed E-state index contributed by atoms with van der Waals surface area (Å²) in [5, 5.41) is 23.6. The molecule has 2 heterocycles. The molecule has 0 amide bonds. The van der Waals surface area contributed by atoms with Gasteiger partial charge >= 0.3 is 11.4 Å². The number of rotatable bonds is 2. The van der Waals surface area contributed by atoms with Crippen LogP contribution in [-0.2, 0) is 10.8 Å². The van der Waals surface area contributed by atoms with Gasteiger partial charge in [0, 0.05) is 46.9 Å². The number of ether oxygens (including phenoxy) is 2. The molecule has 4 rings (SSSR count). The normalized spacial score (nSPS) is 19.5. The second-order valence-corrected chi connectivity index (χ2v) is 10.1. The van der Waals surface area contributed by atoms with E-state index in [9.17, 15) is 20.2 Å². The molecule has 0 aliphatic carbocycles. The van der Waals surface area contributed by atoms with E-state index in [1.54, 1.807) is 0 Å². The van der Waals surface area contributed by atoms with Gasteiger partial charge < -0.3 is 9.47 Å². The minimum atomic E-state index is -1.26. The Bertz CT molecular complexity index is 1050. The Morgan fingerprint density at radius 1 is 0.742 bits per heavy atom. The average molecular weight is 426 g/mol. The van der Waals surface area contributed by atoms with Gasteiger partial charge in [-0.15, -0.1) is 0 Å². The molecule has 0 bridgehead atoms. The second kappa shape index (κ2) is 6.42. The Balaban J connectivity index is 1.94. The highest BCUT2D eigenvalue weighted by atomic mass is 16.7. The molecule has 0 unspecified atom stereocenters. The molecule has 0 fully saturated rings. The summed E-state index contributed by atoms with van der Waals surface area (Å²) in [4.78, 5) is 22.7. The Kier molecular flexibility index (Phi) is 4.37. The number of nitro groups is 2. The van der Waals surface area contributed by atoms with Gasteiger partial charge in [-0.3, -0.25) is 20.2 Å². The molecular weight excluding hydrogens is 400 g/mol. The SMILES string of the molecule is Cc1cc([N+](=O)[O-])c2c(c1)C(C)(C)CC1(CC(C)(C)c3cc(C)cc([N+](=O)[O-])c3O1)O2. The molecule has 31 heavy (non-hydrogen) atoms. The molecule has 0 radical (unpaired) electrons. The highest BCUT2D eigenvalue weighted by Gasteiger charge is 2.56. The van der Waals surface area contributed by atoms with Crippen molar-refractivity contribution in [2.45, 2.75) is 71.0 Å². The van der Waals surface area contributed by atoms with Crippen molar-refractivity contribution in [3.63, 3.8) is 0 Å². The fraction of sp³-hybridized carbons (Fsp3) is 0.478. The monoisotopic (exact) mass is 426 g/mol. The van der Waals surface area contributed by atoms with Gasteiger partial charge in [-0.1, -0.05) is 39.8 Å². The zero-order valence-electron chi connectivity index (χ0n) is 18.6. The molecule has 2 aromatic carbocycles. The molecule has 0 atom stereocenters. The molecule has 164 valence electrons. The first-order chi connectivity index (χ1) is 14.2. The van der Waals surface area contributed by atoms with Crippen LogP contribution in [-0.4, -0.2) is 15.6 Å². The lowest BCUT2D eigenvalue weighted by molar-refractivity contribution is -0.389. The number of fused-ring (bicyclic) bond motifs is 2. The summed E-state index contributed by atoms with van der Waals surface area (Å²) >= 11 is 0. The summed E-state index contributed by atoms with van der Waals surface area (Å²) in [5.74, 6) is -0.894. The van der Waals surface area contributed by atoms with Gasteiger partial charge in [-0.25, -0.2) is 0 Å². The van der Waals surface area contributed by atoms with E-state index >= 15 is 0 Å². The van der Waals surface area contributed by atoms with Crippen LogP contribution in [0, 0.1) is 34.1 Å². The smallest absolute Gasteiger partial charge is 0.311 e. The minimum absolute atomic E-state index is 0.118. The van der Waals surface area contributed by atoms with Crippen LogP contribution in [0.3, 0.4) is 0 Å². The molecule has 8 nitrogen and oxygen atoms in total. The standard InChI is InChI=1S/C23H26N2O6/c1-13-7-15-19(17(9-13)24(26)27)30-23(11-21(15,3)4)12-22(5,6)16-8-14(2)10-18(25(28)29)20(16)31-23/h7-10H,11-12H2,1-6H3. The predicted octanol–water partition coefficient (Wildman–Crippen LogP) is 5.64. The molecule has 2 aliphatic rings. The van der Waals surface area contributed by atoms with E-state index in [2.05, 4.69) is 0 Å². The lowest BCUT2D eigenvalue weighted by Crippen LogP contribution is -2.55. The van der Waals surface area contributed by atoms with Crippen molar-refractivity contribution in [2.75, 3.05) is 0 Å². The van der Waals surface area contributed by atoms with E-state index in [1.165, 1.54) is 12.1 Å². The molecule has 2 aliphatic heterocycles. The average Bonchev–Trinajstić information content (AvgIpc) is 2.61. The van der Waals surface area contributed by atoms with Gasteiger partial charge in [0.25, 0.3) is 5.79 Å². The lowest BCUT2D eigenvalue weighted by atomic mass is 9.68. The molecule has 8 heteroatoms. The van der Waals surface area contributed by atoms with Gasteiger partial charge in [0.05, 0.1) is 9.85 Å². The molecule has 1 spiro atoms. The largest absolute Gasteiger partial charge is 0.445 e. The summed E-state index contributed by atoms with van der Waals surface area (Å²) in [5.41, 5.74) is 1.81. The highest BCUT2D eigenvalue weighted by Crippen LogP contribution is 2.57. The molecule has 0 saturated carbocycles. The van der Waals surface area contributed by atoms with E-state index in [0.29, 0.717) is 12.8 Å². The van der Waals surface area contributed by atoms with Crippen LogP contribution in [0.1, 0.15) is 62.8 Å². The van der Waals surface area contributed by atoms with E-state index in [-0.39, 0.29) is 22.9 Å². The summed E-state index contributed by atoms with van der Waals surface area (Å²) < 4.78 is 12.6. The van der Waals surface area contributed by atoms with Crippen LogP contribution < -0.4 is 9.47 Å². The van der Waals surface area contributed by atoms with Crippen molar-refractivity contribution >= 4 is 11.4 Å². The van der Waals surface area contributed by atoms with Crippen LogP contribution >= 0.6 is 0 Å². The molecule has 0 saturated heterocycles.